The number of esters is 1. The van der Waals surface area contributed by atoms with E-state index in [0.717, 1.165) is 12.0 Å². The number of hydrogen-bond donors (Lipinski definition) is 1. The van der Waals surface area contributed by atoms with Crippen LogP contribution >= 0.6 is 0 Å². The molecule has 0 aliphatic carbocycles. The van der Waals surface area contributed by atoms with E-state index in [1.54, 1.807) is 24.3 Å². The van der Waals surface area contributed by atoms with Crippen LogP contribution in [0, 0.1) is 0 Å². The van der Waals surface area contributed by atoms with Crippen molar-refractivity contribution in [2.24, 2.45) is 0 Å². The number of carbonyl (C=O) groups is 1. The highest BCUT2D eigenvalue weighted by Gasteiger charge is 2.39. The molecule has 2 rings (SSSR count). The van der Waals surface area contributed by atoms with Crippen molar-refractivity contribution in [3.8, 4) is 11.1 Å². The number of hydrogen-bond acceptors (Lipinski definition) is 3. The van der Waals surface area contributed by atoms with Crippen molar-refractivity contribution >= 4 is 5.97 Å². The van der Waals surface area contributed by atoms with E-state index >= 15 is 0 Å². The van der Waals surface area contributed by atoms with Gasteiger partial charge < -0.3 is 9.84 Å². The van der Waals surface area contributed by atoms with E-state index in [0.29, 0.717) is 17.7 Å². The molecular formula is C18H17F3O3. The number of benzene rings is 2. The van der Waals surface area contributed by atoms with Crippen LogP contribution in [-0.4, -0.2) is 23.9 Å². The molecule has 3 nitrogen and oxygen atoms in total. The molecule has 0 heterocycles. The van der Waals surface area contributed by atoms with Gasteiger partial charge in [-0.2, -0.15) is 13.2 Å². The summed E-state index contributed by atoms with van der Waals surface area (Å²) in [6.45, 7) is 2.25. The zero-order chi connectivity index (χ0) is 17.7. The number of rotatable bonds is 5. The first-order valence-corrected chi connectivity index (χ1v) is 7.45. The average Bonchev–Trinajstić information content (AvgIpc) is 2.58. The Labute approximate surface area is 137 Å². The molecule has 0 amide bonds. The number of aliphatic hydroxyl groups excluding tert-OH is 1. The Morgan fingerprint density at radius 3 is 2.00 bits per heavy atom. The minimum Gasteiger partial charge on any atom is -0.462 e. The first-order valence-electron chi connectivity index (χ1n) is 7.45. The Balaban J connectivity index is 2.13. The van der Waals surface area contributed by atoms with Crippen LogP contribution in [0.2, 0.25) is 0 Å². The van der Waals surface area contributed by atoms with E-state index in [2.05, 4.69) is 0 Å². The van der Waals surface area contributed by atoms with Crippen LogP contribution < -0.4 is 0 Å². The second-order valence-corrected chi connectivity index (χ2v) is 5.28. The van der Waals surface area contributed by atoms with Gasteiger partial charge in [-0.25, -0.2) is 4.79 Å². The Bertz CT molecular complexity index is 676. The molecule has 2 aromatic carbocycles. The highest BCUT2D eigenvalue weighted by molar-refractivity contribution is 5.90. The highest BCUT2D eigenvalue weighted by atomic mass is 19.4. The molecule has 0 radical (unpaired) electrons. The van der Waals surface area contributed by atoms with Gasteiger partial charge in [0.2, 0.25) is 0 Å². The summed E-state index contributed by atoms with van der Waals surface area (Å²) in [6, 6.07) is 12.0. The molecule has 0 saturated carbocycles. The first kappa shape index (κ1) is 18.0. The van der Waals surface area contributed by atoms with Gasteiger partial charge >= 0.3 is 12.1 Å². The zero-order valence-electron chi connectivity index (χ0n) is 13.0. The summed E-state index contributed by atoms with van der Waals surface area (Å²) >= 11 is 0. The van der Waals surface area contributed by atoms with E-state index in [4.69, 9.17) is 4.74 Å². The van der Waals surface area contributed by atoms with Crippen LogP contribution in [0.25, 0.3) is 11.1 Å². The molecule has 2 aromatic rings. The highest BCUT2D eigenvalue weighted by Crippen LogP contribution is 2.33. The second kappa shape index (κ2) is 7.49. The van der Waals surface area contributed by atoms with Gasteiger partial charge in [-0.15, -0.1) is 0 Å². The van der Waals surface area contributed by atoms with Gasteiger partial charge in [0.05, 0.1) is 12.2 Å². The lowest BCUT2D eigenvalue weighted by Gasteiger charge is -2.15. The molecule has 0 aromatic heterocycles. The van der Waals surface area contributed by atoms with Crippen LogP contribution in [0.1, 0.15) is 35.4 Å². The Morgan fingerprint density at radius 1 is 1.04 bits per heavy atom. The maximum Gasteiger partial charge on any atom is 0.418 e. The van der Waals surface area contributed by atoms with E-state index in [9.17, 15) is 23.1 Å². The summed E-state index contributed by atoms with van der Waals surface area (Å²) in [7, 11) is 0. The standard InChI is InChI=1S/C18H17F3O3/c1-2-11-24-17(23)15-9-5-13(6-10-15)12-3-7-14(8-4-12)16(22)18(19,20)21/h3-10,16,22H,2,11H2,1H3. The van der Waals surface area contributed by atoms with Crippen molar-refractivity contribution in [2.75, 3.05) is 6.61 Å². The SMILES string of the molecule is CCCOC(=O)c1ccc(-c2ccc(C(O)C(F)(F)F)cc2)cc1. The summed E-state index contributed by atoms with van der Waals surface area (Å²) in [5, 5.41) is 9.21. The molecule has 128 valence electrons. The van der Waals surface area contributed by atoms with Gasteiger partial charge in [-0.1, -0.05) is 43.3 Å². The smallest absolute Gasteiger partial charge is 0.418 e. The van der Waals surface area contributed by atoms with Gasteiger partial charge in [-0.3, -0.25) is 0 Å². The molecule has 24 heavy (non-hydrogen) atoms. The summed E-state index contributed by atoms with van der Waals surface area (Å²) in [5.74, 6) is -0.410. The normalized spacial score (nSPS) is 12.7. The summed E-state index contributed by atoms with van der Waals surface area (Å²) in [5.41, 5.74) is 1.62. The molecule has 1 unspecified atom stereocenters. The molecule has 6 heteroatoms. The quantitative estimate of drug-likeness (QED) is 0.816. The molecule has 0 saturated heterocycles. The monoisotopic (exact) mass is 338 g/mol. The number of ether oxygens (including phenoxy) is 1. The average molecular weight is 338 g/mol. The molecular weight excluding hydrogens is 321 g/mol. The van der Waals surface area contributed by atoms with Crippen molar-refractivity contribution in [1.29, 1.82) is 0 Å². The minimum atomic E-state index is -4.69. The summed E-state index contributed by atoms with van der Waals surface area (Å²) < 4.78 is 42.4. The number of halogens is 3. The maximum atomic E-state index is 12.5. The summed E-state index contributed by atoms with van der Waals surface area (Å²) in [4.78, 5) is 11.7. The minimum absolute atomic E-state index is 0.217. The third-order valence-electron chi connectivity index (χ3n) is 3.43. The van der Waals surface area contributed by atoms with Crippen LogP contribution in [0.3, 0.4) is 0 Å². The van der Waals surface area contributed by atoms with Gasteiger partial charge in [0, 0.05) is 0 Å². The van der Waals surface area contributed by atoms with Crippen LogP contribution in [0.15, 0.2) is 48.5 Å². The molecule has 1 N–H and O–H groups in total. The van der Waals surface area contributed by atoms with E-state index in [1.165, 1.54) is 24.3 Å². The molecule has 0 aliphatic rings. The van der Waals surface area contributed by atoms with Crippen molar-refractivity contribution < 1.29 is 27.8 Å². The Morgan fingerprint density at radius 2 is 1.54 bits per heavy atom. The number of alkyl halides is 3. The fourth-order valence-corrected chi connectivity index (χ4v) is 2.12. The maximum absolute atomic E-state index is 12.5. The van der Waals surface area contributed by atoms with Crippen molar-refractivity contribution in [1.82, 2.24) is 0 Å². The molecule has 0 spiro atoms. The largest absolute Gasteiger partial charge is 0.462 e. The van der Waals surface area contributed by atoms with E-state index in [-0.39, 0.29) is 5.56 Å². The van der Waals surface area contributed by atoms with Crippen LogP contribution in [0.4, 0.5) is 13.2 Å². The lowest BCUT2D eigenvalue weighted by Crippen LogP contribution is -2.19. The Hall–Kier alpha value is -2.34. The number of carbonyl (C=O) groups excluding carboxylic acids is 1. The predicted molar refractivity (Wildman–Crippen MR) is 83.5 cm³/mol. The second-order valence-electron chi connectivity index (χ2n) is 5.28. The topological polar surface area (TPSA) is 46.5 Å². The van der Waals surface area contributed by atoms with Gasteiger partial charge in [0.1, 0.15) is 0 Å². The molecule has 0 bridgehead atoms. The van der Waals surface area contributed by atoms with Gasteiger partial charge in [0.15, 0.2) is 6.10 Å². The fourth-order valence-electron chi connectivity index (χ4n) is 2.12. The van der Waals surface area contributed by atoms with Crippen molar-refractivity contribution in [2.45, 2.75) is 25.6 Å². The zero-order valence-corrected chi connectivity index (χ0v) is 13.0. The van der Waals surface area contributed by atoms with Gasteiger partial charge in [-0.05, 0) is 35.2 Å². The van der Waals surface area contributed by atoms with Gasteiger partial charge in [0.25, 0.3) is 0 Å². The lowest BCUT2D eigenvalue weighted by atomic mass is 10.0. The van der Waals surface area contributed by atoms with Crippen LogP contribution in [0.5, 0.6) is 0 Å². The molecule has 0 fully saturated rings. The van der Waals surface area contributed by atoms with Crippen LogP contribution in [-0.2, 0) is 4.74 Å². The van der Waals surface area contributed by atoms with Crippen molar-refractivity contribution in [3.63, 3.8) is 0 Å². The number of aliphatic hydroxyl groups is 1. The molecule has 0 aliphatic heterocycles. The first-order chi connectivity index (χ1) is 11.3. The van der Waals surface area contributed by atoms with E-state index < -0.39 is 18.2 Å². The third kappa shape index (κ3) is 4.35. The van der Waals surface area contributed by atoms with E-state index in [1.807, 2.05) is 6.92 Å². The third-order valence-corrected chi connectivity index (χ3v) is 3.43. The molecule has 1 atom stereocenters. The summed E-state index contributed by atoms with van der Waals surface area (Å²) in [6.07, 6.45) is -6.45. The predicted octanol–water partition coefficient (Wildman–Crippen LogP) is 4.52. The fraction of sp³-hybridized carbons (Fsp3) is 0.278. The lowest BCUT2D eigenvalue weighted by molar-refractivity contribution is -0.206. The Kier molecular flexibility index (Phi) is 5.62. The van der Waals surface area contributed by atoms with Crippen molar-refractivity contribution in [3.05, 3.63) is 59.7 Å².